The van der Waals surface area contributed by atoms with E-state index in [-0.39, 0.29) is 17.9 Å². The number of carbonyl (C=O) groups excluding carboxylic acids is 1. The van der Waals surface area contributed by atoms with Crippen molar-refractivity contribution >= 4 is 17.2 Å². The first-order valence-corrected chi connectivity index (χ1v) is 7.23. The van der Waals surface area contributed by atoms with Crippen molar-refractivity contribution in [3.05, 3.63) is 22.4 Å². The summed E-state index contributed by atoms with van der Waals surface area (Å²) in [6.07, 6.45) is 0. The Bertz CT molecular complexity index is 380. The molecule has 0 radical (unpaired) electrons. The Morgan fingerprint density at radius 3 is 3.11 bits per heavy atom. The third-order valence-corrected chi connectivity index (χ3v) is 3.97. The quantitative estimate of drug-likeness (QED) is 0.876. The van der Waals surface area contributed by atoms with Gasteiger partial charge in [0.2, 0.25) is 5.91 Å². The highest BCUT2D eigenvalue weighted by molar-refractivity contribution is 7.07. The summed E-state index contributed by atoms with van der Waals surface area (Å²) in [6.45, 7) is 4.76. The maximum absolute atomic E-state index is 12.4. The minimum atomic E-state index is -0.0476. The number of likely N-dealkylation sites (N-methyl/N-ethyl adjacent to an activating group) is 1. The van der Waals surface area contributed by atoms with Crippen LogP contribution >= 0.6 is 11.3 Å². The highest BCUT2D eigenvalue weighted by Gasteiger charge is 2.35. The molecule has 2 atom stereocenters. The van der Waals surface area contributed by atoms with Crippen LogP contribution in [0.4, 0.5) is 0 Å². The number of hydrogen-bond donors (Lipinski definition) is 1. The molecule has 2 unspecified atom stereocenters. The Hall–Kier alpha value is -0.910. The Labute approximate surface area is 112 Å². The topological polar surface area (TPSA) is 41.6 Å². The highest BCUT2D eigenvalue weighted by atomic mass is 32.1. The smallest absolute Gasteiger partial charge is 0.229 e. The Morgan fingerprint density at radius 2 is 2.44 bits per heavy atom. The molecule has 1 N–H and O–H groups in total. The van der Waals surface area contributed by atoms with E-state index >= 15 is 0 Å². The van der Waals surface area contributed by atoms with Crippen LogP contribution in [0.1, 0.15) is 12.5 Å². The molecule has 4 nitrogen and oxygen atoms in total. The van der Waals surface area contributed by atoms with Crippen molar-refractivity contribution in [1.29, 1.82) is 0 Å². The normalized spacial score (nSPS) is 23.2. The summed E-state index contributed by atoms with van der Waals surface area (Å²) < 4.78 is 5.42. The molecule has 100 valence electrons. The molecule has 0 bridgehead atoms. The highest BCUT2D eigenvalue weighted by Crippen LogP contribution is 2.18. The minimum Gasteiger partial charge on any atom is -0.379 e. The second kappa shape index (κ2) is 6.31. The molecule has 1 aromatic heterocycles. The first-order valence-electron chi connectivity index (χ1n) is 6.29. The summed E-state index contributed by atoms with van der Waals surface area (Å²) in [5, 5.41) is 7.43. The van der Waals surface area contributed by atoms with Gasteiger partial charge in [0.05, 0.1) is 19.1 Å². The summed E-state index contributed by atoms with van der Waals surface area (Å²) in [7, 11) is 1.86. The van der Waals surface area contributed by atoms with Crippen LogP contribution in [0.3, 0.4) is 0 Å². The van der Waals surface area contributed by atoms with Crippen LogP contribution in [-0.4, -0.2) is 43.7 Å². The zero-order valence-electron chi connectivity index (χ0n) is 10.9. The van der Waals surface area contributed by atoms with Gasteiger partial charge in [-0.1, -0.05) is 6.92 Å². The number of hydrogen-bond acceptors (Lipinski definition) is 4. The number of nitrogens with one attached hydrogen (secondary N) is 1. The van der Waals surface area contributed by atoms with Crippen LogP contribution in [-0.2, 0) is 16.1 Å². The predicted octanol–water partition coefficient (Wildman–Crippen LogP) is 1.33. The second-order valence-electron chi connectivity index (χ2n) is 4.63. The van der Waals surface area contributed by atoms with Crippen molar-refractivity contribution in [2.45, 2.75) is 19.5 Å². The molecule has 0 saturated carbocycles. The van der Waals surface area contributed by atoms with Gasteiger partial charge in [0.1, 0.15) is 0 Å². The van der Waals surface area contributed by atoms with Crippen molar-refractivity contribution in [2.24, 2.45) is 5.92 Å². The fraction of sp³-hybridized carbons (Fsp3) is 0.615. The third-order valence-electron chi connectivity index (χ3n) is 3.24. The number of nitrogens with zero attached hydrogens (tertiary/aromatic N) is 1. The van der Waals surface area contributed by atoms with Gasteiger partial charge in [0, 0.05) is 19.6 Å². The van der Waals surface area contributed by atoms with Gasteiger partial charge in [-0.15, -0.1) is 0 Å². The first kappa shape index (κ1) is 13.5. The lowest BCUT2D eigenvalue weighted by atomic mass is 10.0. The lowest BCUT2D eigenvalue weighted by Crippen LogP contribution is -2.44. The average molecular weight is 268 g/mol. The number of rotatable bonds is 5. The van der Waals surface area contributed by atoms with Crippen molar-refractivity contribution in [3.63, 3.8) is 0 Å². The van der Waals surface area contributed by atoms with Crippen molar-refractivity contribution in [1.82, 2.24) is 10.2 Å². The average Bonchev–Trinajstić information content (AvgIpc) is 3.00. The van der Waals surface area contributed by atoms with E-state index in [2.05, 4.69) is 23.7 Å². The molecule has 1 fully saturated rings. The molecule has 1 saturated heterocycles. The Morgan fingerprint density at radius 1 is 1.61 bits per heavy atom. The van der Waals surface area contributed by atoms with Crippen molar-refractivity contribution in [3.8, 4) is 0 Å². The van der Waals surface area contributed by atoms with E-state index in [1.165, 1.54) is 5.56 Å². The van der Waals surface area contributed by atoms with Crippen LogP contribution in [0.2, 0.25) is 0 Å². The lowest BCUT2D eigenvalue weighted by Gasteiger charge is -2.24. The van der Waals surface area contributed by atoms with E-state index in [9.17, 15) is 4.79 Å². The van der Waals surface area contributed by atoms with E-state index < -0.39 is 0 Å². The molecule has 1 aliphatic heterocycles. The molecule has 1 aliphatic rings. The molecular formula is C13H20N2O2S. The number of amides is 1. The van der Waals surface area contributed by atoms with E-state index in [0.717, 1.165) is 6.54 Å². The summed E-state index contributed by atoms with van der Waals surface area (Å²) in [4.78, 5) is 14.2. The van der Waals surface area contributed by atoms with E-state index in [4.69, 9.17) is 4.74 Å². The van der Waals surface area contributed by atoms with Crippen molar-refractivity contribution < 1.29 is 9.53 Å². The van der Waals surface area contributed by atoms with Gasteiger partial charge < -0.3 is 15.0 Å². The van der Waals surface area contributed by atoms with E-state index in [1.807, 2.05) is 12.4 Å². The van der Waals surface area contributed by atoms with Crippen LogP contribution in [0.15, 0.2) is 16.8 Å². The maximum atomic E-state index is 12.4. The van der Waals surface area contributed by atoms with Gasteiger partial charge >= 0.3 is 0 Å². The molecule has 0 aliphatic carbocycles. The molecule has 2 heterocycles. The third kappa shape index (κ3) is 3.10. The molecular weight excluding hydrogens is 248 g/mol. The molecule has 0 aromatic carbocycles. The molecule has 2 rings (SSSR count). The fourth-order valence-electron chi connectivity index (χ4n) is 2.28. The van der Waals surface area contributed by atoms with Gasteiger partial charge in [0.25, 0.3) is 0 Å². The number of thiophene rings is 1. The van der Waals surface area contributed by atoms with Crippen molar-refractivity contribution in [2.75, 3.05) is 26.8 Å². The van der Waals surface area contributed by atoms with Gasteiger partial charge in [-0.2, -0.15) is 11.3 Å². The number of ether oxygens (including phenoxy) is 1. The largest absolute Gasteiger partial charge is 0.379 e. The van der Waals surface area contributed by atoms with E-state index in [0.29, 0.717) is 19.8 Å². The zero-order valence-corrected chi connectivity index (χ0v) is 11.7. The van der Waals surface area contributed by atoms with Crippen LogP contribution < -0.4 is 5.32 Å². The molecule has 1 amide bonds. The zero-order chi connectivity index (χ0) is 13.0. The number of carbonyl (C=O) groups is 1. The molecule has 5 heteroatoms. The second-order valence-corrected chi connectivity index (χ2v) is 5.41. The first-order chi connectivity index (χ1) is 8.72. The molecule has 0 spiro atoms. The van der Waals surface area contributed by atoms with Crippen LogP contribution in [0.25, 0.3) is 0 Å². The monoisotopic (exact) mass is 268 g/mol. The van der Waals surface area contributed by atoms with Crippen LogP contribution in [0, 0.1) is 5.92 Å². The Kier molecular flexibility index (Phi) is 4.74. The summed E-state index contributed by atoms with van der Waals surface area (Å²) in [5.74, 6) is 0.123. The van der Waals surface area contributed by atoms with Gasteiger partial charge in [-0.3, -0.25) is 4.79 Å². The lowest BCUT2D eigenvalue weighted by molar-refractivity contribution is -0.135. The van der Waals surface area contributed by atoms with E-state index in [1.54, 1.807) is 16.2 Å². The predicted molar refractivity (Wildman–Crippen MR) is 72.6 cm³/mol. The van der Waals surface area contributed by atoms with Gasteiger partial charge in [-0.05, 0) is 28.9 Å². The molecule has 18 heavy (non-hydrogen) atoms. The maximum Gasteiger partial charge on any atom is 0.229 e. The summed E-state index contributed by atoms with van der Waals surface area (Å²) >= 11 is 1.66. The van der Waals surface area contributed by atoms with Gasteiger partial charge in [-0.25, -0.2) is 0 Å². The summed E-state index contributed by atoms with van der Waals surface area (Å²) in [5.41, 5.74) is 1.19. The standard InChI is InChI=1S/C13H20N2O2S/c1-3-14-12-8-17-7-11(12)13(16)15(2)6-10-4-5-18-9-10/h4-5,9,11-12,14H,3,6-8H2,1-2H3. The Balaban J connectivity index is 1.93. The van der Waals surface area contributed by atoms with Gasteiger partial charge in [0.15, 0.2) is 0 Å². The molecule has 1 aromatic rings. The van der Waals surface area contributed by atoms with Crippen LogP contribution in [0.5, 0.6) is 0 Å². The summed E-state index contributed by atoms with van der Waals surface area (Å²) in [6, 6.07) is 2.22. The minimum absolute atomic E-state index is 0.0476. The SMILES string of the molecule is CCNC1COCC1C(=O)N(C)Cc1ccsc1. The fourth-order valence-corrected chi connectivity index (χ4v) is 2.94.